The lowest BCUT2D eigenvalue weighted by Crippen LogP contribution is -2.05. The maximum absolute atomic E-state index is 12.2. The van der Waals surface area contributed by atoms with Crippen molar-refractivity contribution in [3.8, 4) is 5.75 Å². The highest BCUT2D eigenvalue weighted by Gasteiger charge is 2.12. The Morgan fingerprint density at radius 1 is 1.24 bits per heavy atom. The second kappa shape index (κ2) is 4.74. The van der Waals surface area contributed by atoms with Gasteiger partial charge < -0.3 is 4.74 Å². The van der Waals surface area contributed by atoms with Crippen molar-refractivity contribution < 1.29 is 9.53 Å². The minimum atomic E-state index is -0.0954. The Bertz CT molecular complexity index is 553. The molecule has 2 heterocycles. The average Bonchev–Trinajstić information content (AvgIpc) is 2.38. The number of nitrogens with zero attached hydrogens (tertiary/aromatic N) is 2. The molecule has 86 valence electrons. The number of pyridine rings is 2. The van der Waals surface area contributed by atoms with Crippen molar-refractivity contribution in [2.45, 2.75) is 6.92 Å². The van der Waals surface area contributed by atoms with Gasteiger partial charge in [0.25, 0.3) is 0 Å². The molecule has 0 radical (unpaired) electrons. The van der Waals surface area contributed by atoms with Crippen LogP contribution in [-0.4, -0.2) is 22.9 Å². The average molecular weight is 228 g/mol. The smallest absolute Gasteiger partial charge is 0.196 e. The van der Waals surface area contributed by atoms with E-state index in [1.807, 2.05) is 6.92 Å². The van der Waals surface area contributed by atoms with Crippen molar-refractivity contribution >= 4 is 5.78 Å². The zero-order valence-corrected chi connectivity index (χ0v) is 9.68. The number of hydrogen-bond donors (Lipinski definition) is 0. The van der Waals surface area contributed by atoms with E-state index in [-0.39, 0.29) is 5.78 Å². The maximum atomic E-state index is 12.2. The maximum Gasteiger partial charge on any atom is 0.196 e. The normalized spacial score (nSPS) is 10.0. The SMILES string of the molecule is COc1cncc(C(=O)c2cnccc2C)c1. The van der Waals surface area contributed by atoms with Crippen LogP contribution in [0.5, 0.6) is 5.75 Å². The Hall–Kier alpha value is -2.23. The van der Waals surface area contributed by atoms with E-state index in [0.29, 0.717) is 16.9 Å². The predicted molar refractivity (Wildman–Crippen MR) is 63.2 cm³/mol. The van der Waals surface area contributed by atoms with E-state index < -0.39 is 0 Å². The number of ether oxygens (including phenoxy) is 1. The molecule has 0 N–H and O–H groups in total. The minimum Gasteiger partial charge on any atom is -0.495 e. The zero-order valence-electron chi connectivity index (χ0n) is 9.68. The lowest BCUT2D eigenvalue weighted by Gasteiger charge is -2.05. The molecule has 0 bridgehead atoms. The van der Waals surface area contributed by atoms with Crippen LogP contribution in [0.25, 0.3) is 0 Å². The van der Waals surface area contributed by atoms with Crippen molar-refractivity contribution in [2.75, 3.05) is 7.11 Å². The quantitative estimate of drug-likeness (QED) is 0.754. The van der Waals surface area contributed by atoms with Crippen LogP contribution in [0.1, 0.15) is 21.5 Å². The summed E-state index contributed by atoms with van der Waals surface area (Å²) >= 11 is 0. The number of carbonyl (C=O) groups is 1. The van der Waals surface area contributed by atoms with Crippen LogP contribution in [0.2, 0.25) is 0 Å². The zero-order chi connectivity index (χ0) is 12.3. The first-order valence-corrected chi connectivity index (χ1v) is 5.16. The molecule has 0 aliphatic rings. The van der Waals surface area contributed by atoms with Crippen molar-refractivity contribution in [3.63, 3.8) is 0 Å². The van der Waals surface area contributed by atoms with E-state index in [4.69, 9.17) is 4.74 Å². The van der Waals surface area contributed by atoms with E-state index in [2.05, 4.69) is 9.97 Å². The highest BCUT2D eigenvalue weighted by atomic mass is 16.5. The number of methoxy groups -OCH3 is 1. The molecule has 2 aromatic heterocycles. The fourth-order valence-electron chi connectivity index (χ4n) is 1.51. The number of aromatic nitrogens is 2. The summed E-state index contributed by atoms with van der Waals surface area (Å²) in [6.45, 7) is 1.88. The second-order valence-corrected chi connectivity index (χ2v) is 3.63. The first-order chi connectivity index (χ1) is 8.22. The van der Waals surface area contributed by atoms with E-state index in [1.165, 1.54) is 6.20 Å². The van der Waals surface area contributed by atoms with Gasteiger partial charge in [-0.15, -0.1) is 0 Å². The van der Waals surface area contributed by atoms with Gasteiger partial charge in [0.05, 0.1) is 13.3 Å². The molecular weight excluding hydrogens is 216 g/mol. The molecule has 0 saturated carbocycles. The summed E-state index contributed by atoms with van der Waals surface area (Å²) in [6, 6.07) is 3.47. The first-order valence-electron chi connectivity index (χ1n) is 5.16. The van der Waals surface area contributed by atoms with Crippen LogP contribution in [0.3, 0.4) is 0 Å². The molecule has 4 heteroatoms. The third-order valence-corrected chi connectivity index (χ3v) is 2.49. The molecule has 0 aromatic carbocycles. The lowest BCUT2D eigenvalue weighted by molar-refractivity contribution is 0.103. The molecule has 0 atom stereocenters. The number of rotatable bonds is 3. The van der Waals surface area contributed by atoms with Gasteiger partial charge in [0.2, 0.25) is 0 Å². The van der Waals surface area contributed by atoms with Gasteiger partial charge in [0, 0.05) is 29.7 Å². The number of ketones is 1. The van der Waals surface area contributed by atoms with Crippen molar-refractivity contribution in [1.29, 1.82) is 0 Å². The monoisotopic (exact) mass is 228 g/mol. The summed E-state index contributed by atoms with van der Waals surface area (Å²) < 4.78 is 5.04. The highest BCUT2D eigenvalue weighted by molar-refractivity contribution is 6.09. The Morgan fingerprint density at radius 2 is 2.06 bits per heavy atom. The molecule has 2 rings (SSSR count). The fourth-order valence-corrected chi connectivity index (χ4v) is 1.51. The van der Waals surface area contributed by atoms with Crippen LogP contribution in [0, 0.1) is 6.92 Å². The lowest BCUT2D eigenvalue weighted by atomic mass is 10.0. The van der Waals surface area contributed by atoms with Gasteiger partial charge in [-0.25, -0.2) is 0 Å². The van der Waals surface area contributed by atoms with E-state index in [9.17, 15) is 4.79 Å². The molecule has 0 saturated heterocycles. The highest BCUT2D eigenvalue weighted by Crippen LogP contribution is 2.16. The third kappa shape index (κ3) is 2.30. The van der Waals surface area contributed by atoms with Crippen LogP contribution in [0.15, 0.2) is 36.9 Å². The summed E-state index contributed by atoms with van der Waals surface area (Å²) in [6.07, 6.45) is 6.32. The van der Waals surface area contributed by atoms with Crippen LogP contribution in [-0.2, 0) is 0 Å². The van der Waals surface area contributed by atoms with Crippen LogP contribution < -0.4 is 4.74 Å². The Balaban J connectivity index is 2.40. The third-order valence-electron chi connectivity index (χ3n) is 2.49. The summed E-state index contributed by atoms with van der Waals surface area (Å²) in [7, 11) is 1.54. The van der Waals surface area contributed by atoms with Crippen molar-refractivity contribution in [1.82, 2.24) is 9.97 Å². The largest absolute Gasteiger partial charge is 0.495 e. The van der Waals surface area contributed by atoms with E-state index in [0.717, 1.165) is 5.56 Å². The molecule has 4 nitrogen and oxygen atoms in total. The summed E-state index contributed by atoms with van der Waals surface area (Å²) in [5.74, 6) is 0.472. The Morgan fingerprint density at radius 3 is 2.76 bits per heavy atom. The standard InChI is InChI=1S/C13H12N2O2/c1-9-3-4-14-8-12(9)13(16)10-5-11(17-2)7-15-6-10/h3-8H,1-2H3. The topological polar surface area (TPSA) is 52.1 Å². The Labute approximate surface area is 99.3 Å². The van der Waals surface area contributed by atoms with Crippen molar-refractivity contribution in [2.24, 2.45) is 0 Å². The van der Waals surface area contributed by atoms with Crippen LogP contribution in [0.4, 0.5) is 0 Å². The van der Waals surface area contributed by atoms with Gasteiger partial charge >= 0.3 is 0 Å². The van der Waals surface area contributed by atoms with Crippen molar-refractivity contribution in [3.05, 3.63) is 53.6 Å². The van der Waals surface area contributed by atoms with Gasteiger partial charge in [-0.05, 0) is 24.6 Å². The number of carbonyl (C=O) groups excluding carboxylic acids is 1. The number of aryl methyl sites for hydroxylation is 1. The van der Waals surface area contributed by atoms with Gasteiger partial charge in [-0.2, -0.15) is 0 Å². The molecule has 0 spiro atoms. The molecule has 0 aliphatic carbocycles. The Kier molecular flexibility index (Phi) is 3.14. The molecule has 0 aliphatic heterocycles. The summed E-state index contributed by atoms with van der Waals surface area (Å²) in [5.41, 5.74) is 1.98. The van der Waals surface area contributed by atoms with E-state index >= 15 is 0 Å². The predicted octanol–water partition coefficient (Wildman–Crippen LogP) is 2.02. The second-order valence-electron chi connectivity index (χ2n) is 3.63. The number of hydrogen-bond acceptors (Lipinski definition) is 4. The fraction of sp³-hybridized carbons (Fsp3) is 0.154. The van der Waals surface area contributed by atoms with Gasteiger partial charge in [-0.1, -0.05) is 0 Å². The van der Waals surface area contributed by atoms with Gasteiger partial charge in [0.15, 0.2) is 5.78 Å². The minimum absolute atomic E-state index is 0.0954. The molecule has 0 unspecified atom stereocenters. The molecular formula is C13H12N2O2. The van der Waals surface area contributed by atoms with Gasteiger partial charge in [0.1, 0.15) is 5.75 Å². The van der Waals surface area contributed by atoms with Crippen LogP contribution >= 0.6 is 0 Å². The molecule has 0 amide bonds. The molecule has 0 fully saturated rings. The first kappa shape index (κ1) is 11.3. The van der Waals surface area contributed by atoms with Gasteiger partial charge in [-0.3, -0.25) is 14.8 Å². The summed E-state index contributed by atoms with van der Waals surface area (Å²) in [5, 5.41) is 0. The molecule has 2 aromatic rings. The molecule has 17 heavy (non-hydrogen) atoms. The van der Waals surface area contributed by atoms with E-state index in [1.54, 1.807) is 37.8 Å². The summed E-state index contributed by atoms with van der Waals surface area (Å²) in [4.78, 5) is 20.1.